The molecule has 0 aromatic heterocycles. The highest BCUT2D eigenvalue weighted by Gasteiger charge is 2.28. The highest BCUT2D eigenvalue weighted by Crippen LogP contribution is 2.22. The van der Waals surface area contributed by atoms with Crippen LogP contribution in [0.4, 0.5) is 0 Å². The molecule has 0 N–H and O–H groups in total. The number of ketones is 1. The van der Waals surface area contributed by atoms with Crippen molar-refractivity contribution in [3.05, 3.63) is 0 Å². The van der Waals surface area contributed by atoms with Gasteiger partial charge in [-0.05, 0) is 32.6 Å². The van der Waals surface area contributed by atoms with Crippen LogP contribution in [0.25, 0.3) is 0 Å². The smallest absolute Gasteiger partial charge is 0.149 e. The van der Waals surface area contributed by atoms with Crippen molar-refractivity contribution >= 4 is 5.78 Å². The summed E-state index contributed by atoms with van der Waals surface area (Å²) in [4.78, 5) is 14.5. The lowest BCUT2D eigenvalue weighted by molar-refractivity contribution is -0.125. The molecule has 0 saturated heterocycles. The Kier molecular flexibility index (Phi) is 5.47. The van der Waals surface area contributed by atoms with Crippen LogP contribution in [0.3, 0.4) is 0 Å². The average Bonchev–Trinajstić information content (AvgIpc) is 2.39. The van der Waals surface area contributed by atoms with E-state index in [0.717, 1.165) is 25.8 Å². The third kappa shape index (κ3) is 3.89. The third-order valence-electron chi connectivity index (χ3n) is 3.41. The Hall–Kier alpha value is -0.370. The van der Waals surface area contributed by atoms with Crippen molar-refractivity contribution in [2.24, 2.45) is 5.92 Å². The maximum Gasteiger partial charge on any atom is 0.149 e. The molecular formula is C14H27NO. The van der Waals surface area contributed by atoms with Gasteiger partial charge in [0, 0.05) is 19.0 Å². The standard InChI is InChI=1S/C14H27NO/c1-11(2)10-15(12(3)4)13-8-6-5-7-9-14(13)16/h11-13H,5-10H2,1-4H3. The lowest BCUT2D eigenvalue weighted by atomic mass is 10.0. The SMILES string of the molecule is CC(C)CN(C(C)C)C1CCCCCC1=O. The normalized spacial score (nSPS) is 23.2. The van der Waals surface area contributed by atoms with Crippen LogP contribution >= 0.6 is 0 Å². The number of nitrogens with zero attached hydrogens (tertiary/aromatic N) is 1. The predicted molar refractivity (Wildman–Crippen MR) is 68.6 cm³/mol. The lowest BCUT2D eigenvalue weighted by Crippen LogP contribution is -2.46. The molecule has 1 aliphatic rings. The molecule has 0 spiro atoms. The molecule has 2 heteroatoms. The van der Waals surface area contributed by atoms with Gasteiger partial charge in [-0.3, -0.25) is 9.69 Å². The summed E-state index contributed by atoms with van der Waals surface area (Å²) in [7, 11) is 0. The maximum absolute atomic E-state index is 12.1. The number of Topliss-reactive ketones (excluding diaryl/α,β-unsaturated/α-hetero) is 1. The molecular weight excluding hydrogens is 198 g/mol. The molecule has 94 valence electrons. The zero-order valence-corrected chi connectivity index (χ0v) is 11.3. The minimum absolute atomic E-state index is 0.199. The minimum atomic E-state index is 0.199. The zero-order chi connectivity index (χ0) is 12.1. The second kappa shape index (κ2) is 6.39. The van der Waals surface area contributed by atoms with Gasteiger partial charge >= 0.3 is 0 Å². The fourth-order valence-corrected chi connectivity index (χ4v) is 2.61. The van der Waals surface area contributed by atoms with Crippen LogP contribution in [0, 0.1) is 5.92 Å². The van der Waals surface area contributed by atoms with Crippen molar-refractivity contribution in [2.75, 3.05) is 6.54 Å². The first-order valence-electron chi connectivity index (χ1n) is 6.80. The largest absolute Gasteiger partial charge is 0.298 e. The van der Waals surface area contributed by atoms with E-state index < -0.39 is 0 Å². The fraction of sp³-hybridized carbons (Fsp3) is 0.929. The van der Waals surface area contributed by atoms with Crippen molar-refractivity contribution in [1.29, 1.82) is 0 Å². The molecule has 1 saturated carbocycles. The van der Waals surface area contributed by atoms with Crippen LogP contribution in [0.5, 0.6) is 0 Å². The Labute approximate surface area is 100 Å². The Morgan fingerprint density at radius 2 is 1.88 bits per heavy atom. The van der Waals surface area contributed by atoms with Gasteiger partial charge in [-0.1, -0.05) is 26.7 Å². The minimum Gasteiger partial charge on any atom is -0.298 e. The van der Waals surface area contributed by atoms with Crippen LogP contribution in [0.2, 0.25) is 0 Å². The van der Waals surface area contributed by atoms with E-state index in [-0.39, 0.29) is 6.04 Å². The summed E-state index contributed by atoms with van der Waals surface area (Å²) < 4.78 is 0. The van der Waals surface area contributed by atoms with E-state index in [0.29, 0.717) is 17.7 Å². The van der Waals surface area contributed by atoms with Crippen LogP contribution in [-0.4, -0.2) is 29.3 Å². The Morgan fingerprint density at radius 1 is 1.19 bits per heavy atom. The highest BCUT2D eigenvalue weighted by molar-refractivity contribution is 5.84. The number of carbonyl (C=O) groups is 1. The Morgan fingerprint density at radius 3 is 2.44 bits per heavy atom. The molecule has 0 radical (unpaired) electrons. The van der Waals surface area contributed by atoms with Crippen LogP contribution < -0.4 is 0 Å². The van der Waals surface area contributed by atoms with Gasteiger partial charge in [0.05, 0.1) is 6.04 Å². The molecule has 1 rings (SSSR count). The Bertz CT molecular complexity index is 223. The van der Waals surface area contributed by atoms with Gasteiger partial charge in [-0.2, -0.15) is 0 Å². The second-order valence-corrected chi connectivity index (χ2v) is 5.77. The van der Waals surface area contributed by atoms with E-state index >= 15 is 0 Å². The molecule has 1 atom stereocenters. The summed E-state index contributed by atoms with van der Waals surface area (Å²) in [6.07, 6.45) is 5.42. The molecule has 16 heavy (non-hydrogen) atoms. The van der Waals surface area contributed by atoms with E-state index in [1.807, 2.05) is 0 Å². The summed E-state index contributed by atoms with van der Waals surface area (Å²) in [5.74, 6) is 1.12. The zero-order valence-electron chi connectivity index (χ0n) is 11.3. The van der Waals surface area contributed by atoms with Crippen molar-refractivity contribution in [1.82, 2.24) is 4.90 Å². The summed E-state index contributed by atoms with van der Waals surface area (Å²) in [5.41, 5.74) is 0. The monoisotopic (exact) mass is 225 g/mol. The van der Waals surface area contributed by atoms with E-state index in [1.165, 1.54) is 12.8 Å². The lowest BCUT2D eigenvalue weighted by Gasteiger charge is -2.34. The third-order valence-corrected chi connectivity index (χ3v) is 3.41. The van der Waals surface area contributed by atoms with E-state index in [1.54, 1.807) is 0 Å². The second-order valence-electron chi connectivity index (χ2n) is 5.77. The Balaban J connectivity index is 2.70. The highest BCUT2D eigenvalue weighted by atomic mass is 16.1. The molecule has 2 nitrogen and oxygen atoms in total. The van der Waals surface area contributed by atoms with Crippen LogP contribution in [0.15, 0.2) is 0 Å². The quantitative estimate of drug-likeness (QED) is 0.684. The molecule has 0 aromatic carbocycles. The van der Waals surface area contributed by atoms with Gasteiger partial charge in [0.25, 0.3) is 0 Å². The van der Waals surface area contributed by atoms with Crippen molar-refractivity contribution in [2.45, 2.75) is 71.9 Å². The molecule has 0 heterocycles. The molecule has 1 aliphatic carbocycles. The first-order valence-corrected chi connectivity index (χ1v) is 6.80. The number of hydrogen-bond donors (Lipinski definition) is 0. The van der Waals surface area contributed by atoms with E-state index in [4.69, 9.17) is 0 Å². The topological polar surface area (TPSA) is 20.3 Å². The van der Waals surface area contributed by atoms with Gasteiger partial charge in [-0.15, -0.1) is 0 Å². The number of carbonyl (C=O) groups excluding carboxylic acids is 1. The van der Waals surface area contributed by atoms with Crippen molar-refractivity contribution in [3.8, 4) is 0 Å². The van der Waals surface area contributed by atoms with Gasteiger partial charge in [0.2, 0.25) is 0 Å². The van der Waals surface area contributed by atoms with Gasteiger partial charge in [0.1, 0.15) is 5.78 Å². The van der Waals surface area contributed by atoms with Gasteiger partial charge in [-0.25, -0.2) is 0 Å². The summed E-state index contributed by atoms with van der Waals surface area (Å²) >= 11 is 0. The van der Waals surface area contributed by atoms with Gasteiger partial charge < -0.3 is 0 Å². The molecule has 0 bridgehead atoms. The fourth-order valence-electron chi connectivity index (χ4n) is 2.61. The first kappa shape index (κ1) is 13.7. The summed E-state index contributed by atoms with van der Waals surface area (Å²) in [5, 5.41) is 0. The predicted octanol–water partition coefficient (Wildman–Crippen LogP) is 3.25. The summed E-state index contributed by atoms with van der Waals surface area (Å²) in [6.45, 7) is 9.93. The van der Waals surface area contributed by atoms with E-state index in [9.17, 15) is 4.79 Å². The molecule has 1 fully saturated rings. The number of hydrogen-bond acceptors (Lipinski definition) is 2. The number of rotatable bonds is 4. The molecule has 0 aromatic rings. The van der Waals surface area contributed by atoms with E-state index in [2.05, 4.69) is 32.6 Å². The molecule has 0 amide bonds. The average molecular weight is 225 g/mol. The van der Waals surface area contributed by atoms with Crippen LogP contribution in [0.1, 0.15) is 59.8 Å². The first-order chi connectivity index (χ1) is 7.52. The van der Waals surface area contributed by atoms with Crippen molar-refractivity contribution in [3.63, 3.8) is 0 Å². The molecule has 1 unspecified atom stereocenters. The van der Waals surface area contributed by atoms with Gasteiger partial charge in [0.15, 0.2) is 0 Å². The molecule has 0 aliphatic heterocycles. The summed E-state index contributed by atoms with van der Waals surface area (Å²) in [6, 6.07) is 0.680. The van der Waals surface area contributed by atoms with Crippen LogP contribution in [-0.2, 0) is 4.79 Å². The maximum atomic E-state index is 12.1. The van der Waals surface area contributed by atoms with Crippen molar-refractivity contribution < 1.29 is 4.79 Å².